The van der Waals surface area contributed by atoms with Crippen LogP contribution in [0.1, 0.15) is 55.5 Å². The predicted octanol–water partition coefficient (Wildman–Crippen LogP) is 3.17. The van der Waals surface area contributed by atoms with Gasteiger partial charge in [0.1, 0.15) is 0 Å². The highest BCUT2D eigenvalue weighted by Crippen LogP contribution is 2.58. The molecule has 1 saturated carbocycles. The van der Waals surface area contributed by atoms with Gasteiger partial charge in [0.05, 0.1) is 5.41 Å². The van der Waals surface area contributed by atoms with E-state index >= 15 is 0 Å². The van der Waals surface area contributed by atoms with Crippen molar-refractivity contribution in [2.75, 3.05) is 18.9 Å². The molecule has 25 heavy (non-hydrogen) atoms. The highest BCUT2D eigenvalue weighted by Gasteiger charge is 2.57. The van der Waals surface area contributed by atoms with Crippen molar-refractivity contribution in [3.63, 3.8) is 0 Å². The molecule has 0 aliphatic heterocycles. The van der Waals surface area contributed by atoms with Crippen LogP contribution in [-0.2, 0) is 4.79 Å². The third kappa shape index (κ3) is 4.10. The highest BCUT2D eigenvalue weighted by atomic mass is 16.2. The summed E-state index contributed by atoms with van der Waals surface area (Å²) in [6.45, 7) is 4.63. The third-order valence-corrected chi connectivity index (χ3v) is 5.20. The van der Waals surface area contributed by atoms with E-state index in [0.717, 1.165) is 31.2 Å². The summed E-state index contributed by atoms with van der Waals surface area (Å²) in [4.78, 5) is 24.9. The van der Waals surface area contributed by atoms with Crippen LogP contribution in [0.25, 0.3) is 6.08 Å². The van der Waals surface area contributed by atoms with Gasteiger partial charge in [-0.3, -0.25) is 9.59 Å². The van der Waals surface area contributed by atoms with Crippen molar-refractivity contribution in [1.82, 2.24) is 5.32 Å². The Morgan fingerprint density at radius 1 is 1.40 bits per heavy atom. The number of rotatable bonds is 8. The standard InChI is InChI=1S/C20H29N3O2/c1-4-7-14-9-10-16(12-17(14)18(24)22-3)23-19(25)20(5-2)13-15(20)8-6-11-21/h4,7,9-10,12,15H,5-6,8,11,13,21H2,1-3H3,(H,22,24)(H,23,25)/b7-4+/t15-,20+/m1/s1. The molecule has 2 amide bonds. The Balaban J connectivity index is 2.17. The molecule has 0 aromatic heterocycles. The van der Waals surface area contributed by atoms with Crippen molar-refractivity contribution in [1.29, 1.82) is 0 Å². The summed E-state index contributed by atoms with van der Waals surface area (Å²) in [5, 5.41) is 5.66. The van der Waals surface area contributed by atoms with Crippen LogP contribution in [0.4, 0.5) is 5.69 Å². The highest BCUT2D eigenvalue weighted by molar-refractivity contribution is 6.01. The molecular weight excluding hydrogens is 314 g/mol. The number of anilines is 1. The molecule has 0 saturated heterocycles. The van der Waals surface area contributed by atoms with E-state index in [1.54, 1.807) is 13.1 Å². The second-order valence-electron chi connectivity index (χ2n) is 6.68. The van der Waals surface area contributed by atoms with Gasteiger partial charge in [0, 0.05) is 18.3 Å². The maximum Gasteiger partial charge on any atom is 0.251 e. The van der Waals surface area contributed by atoms with Gasteiger partial charge in [0.25, 0.3) is 5.91 Å². The summed E-state index contributed by atoms with van der Waals surface area (Å²) in [6, 6.07) is 5.45. The molecule has 5 nitrogen and oxygen atoms in total. The predicted molar refractivity (Wildman–Crippen MR) is 102 cm³/mol. The second-order valence-corrected chi connectivity index (χ2v) is 6.68. The molecule has 2 rings (SSSR count). The largest absolute Gasteiger partial charge is 0.355 e. The fourth-order valence-electron chi connectivity index (χ4n) is 3.54. The molecule has 1 aliphatic carbocycles. The number of carbonyl (C=O) groups is 2. The second kappa shape index (κ2) is 8.30. The Hall–Kier alpha value is -2.14. The van der Waals surface area contributed by atoms with Crippen molar-refractivity contribution >= 4 is 23.6 Å². The number of allylic oxidation sites excluding steroid dienone is 1. The zero-order valence-corrected chi connectivity index (χ0v) is 15.4. The number of nitrogens with one attached hydrogen (secondary N) is 2. The van der Waals surface area contributed by atoms with Crippen LogP contribution in [0.15, 0.2) is 24.3 Å². The van der Waals surface area contributed by atoms with Gasteiger partial charge in [0.15, 0.2) is 0 Å². The minimum Gasteiger partial charge on any atom is -0.355 e. The van der Waals surface area contributed by atoms with E-state index in [-0.39, 0.29) is 17.2 Å². The van der Waals surface area contributed by atoms with E-state index in [4.69, 9.17) is 5.73 Å². The first-order chi connectivity index (χ1) is 12.0. The molecule has 5 heteroatoms. The molecule has 0 spiro atoms. The molecule has 1 aromatic carbocycles. The van der Waals surface area contributed by atoms with Gasteiger partial charge < -0.3 is 16.4 Å². The fraction of sp³-hybridized carbons (Fsp3) is 0.500. The molecule has 0 unspecified atom stereocenters. The lowest BCUT2D eigenvalue weighted by Gasteiger charge is -2.16. The molecule has 0 bridgehead atoms. The molecule has 2 atom stereocenters. The summed E-state index contributed by atoms with van der Waals surface area (Å²) >= 11 is 0. The SMILES string of the molecule is C/C=C/c1ccc(NC(=O)[C@@]2(CC)C[C@H]2CCCN)cc1C(=O)NC. The topological polar surface area (TPSA) is 84.2 Å². The van der Waals surface area contributed by atoms with Crippen molar-refractivity contribution < 1.29 is 9.59 Å². The smallest absolute Gasteiger partial charge is 0.251 e. The van der Waals surface area contributed by atoms with E-state index < -0.39 is 0 Å². The van der Waals surface area contributed by atoms with Crippen LogP contribution in [0.2, 0.25) is 0 Å². The van der Waals surface area contributed by atoms with Crippen molar-refractivity contribution in [3.8, 4) is 0 Å². The summed E-state index contributed by atoms with van der Waals surface area (Å²) in [5.41, 5.74) is 7.36. The van der Waals surface area contributed by atoms with E-state index in [0.29, 0.717) is 23.7 Å². The van der Waals surface area contributed by atoms with Crippen LogP contribution in [-0.4, -0.2) is 25.4 Å². The Morgan fingerprint density at radius 3 is 2.76 bits per heavy atom. The molecule has 0 radical (unpaired) electrons. The van der Waals surface area contributed by atoms with E-state index in [9.17, 15) is 9.59 Å². The number of nitrogens with two attached hydrogens (primary N) is 1. The van der Waals surface area contributed by atoms with Crippen LogP contribution in [0, 0.1) is 11.3 Å². The lowest BCUT2D eigenvalue weighted by molar-refractivity contribution is -0.121. The number of amides is 2. The number of hydrogen-bond donors (Lipinski definition) is 3. The average molecular weight is 343 g/mol. The number of carbonyl (C=O) groups excluding carboxylic acids is 2. The van der Waals surface area contributed by atoms with Crippen LogP contribution in [0.3, 0.4) is 0 Å². The zero-order chi connectivity index (χ0) is 18.4. The first-order valence-corrected chi connectivity index (χ1v) is 9.02. The molecular formula is C20H29N3O2. The quantitative estimate of drug-likeness (QED) is 0.678. The minimum absolute atomic E-state index is 0.0543. The normalized spacial score (nSPS) is 22.0. The molecule has 4 N–H and O–H groups in total. The van der Waals surface area contributed by atoms with Gasteiger partial charge in [0.2, 0.25) is 5.91 Å². The van der Waals surface area contributed by atoms with Gasteiger partial charge in [-0.05, 0) is 62.8 Å². The van der Waals surface area contributed by atoms with E-state index in [2.05, 4.69) is 17.6 Å². The maximum absolute atomic E-state index is 12.8. The lowest BCUT2D eigenvalue weighted by Crippen LogP contribution is -2.26. The first kappa shape index (κ1) is 19.2. The summed E-state index contributed by atoms with van der Waals surface area (Å²) in [7, 11) is 1.60. The molecule has 1 aliphatic rings. The molecule has 1 fully saturated rings. The summed E-state index contributed by atoms with van der Waals surface area (Å²) in [6.07, 6.45) is 7.48. The van der Waals surface area contributed by atoms with Crippen LogP contribution in [0.5, 0.6) is 0 Å². The van der Waals surface area contributed by atoms with Gasteiger partial charge in [-0.2, -0.15) is 0 Å². The summed E-state index contributed by atoms with van der Waals surface area (Å²) in [5.74, 6) is 0.307. The fourth-order valence-corrected chi connectivity index (χ4v) is 3.54. The Morgan fingerprint density at radius 2 is 2.16 bits per heavy atom. The van der Waals surface area contributed by atoms with Crippen LogP contribution < -0.4 is 16.4 Å². The maximum atomic E-state index is 12.8. The van der Waals surface area contributed by atoms with Gasteiger partial charge in [-0.1, -0.05) is 25.1 Å². The first-order valence-electron chi connectivity index (χ1n) is 9.02. The van der Waals surface area contributed by atoms with Crippen molar-refractivity contribution in [3.05, 3.63) is 35.4 Å². The number of benzene rings is 1. The van der Waals surface area contributed by atoms with Crippen LogP contribution >= 0.6 is 0 Å². The van der Waals surface area contributed by atoms with E-state index in [1.165, 1.54) is 0 Å². The van der Waals surface area contributed by atoms with E-state index in [1.807, 2.05) is 31.2 Å². The van der Waals surface area contributed by atoms with Gasteiger partial charge in [-0.25, -0.2) is 0 Å². The number of hydrogen-bond acceptors (Lipinski definition) is 3. The Kier molecular flexibility index (Phi) is 6.37. The Labute approximate surface area is 150 Å². The van der Waals surface area contributed by atoms with Gasteiger partial charge >= 0.3 is 0 Å². The minimum atomic E-state index is -0.273. The third-order valence-electron chi connectivity index (χ3n) is 5.20. The summed E-state index contributed by atoms with van der Waals surface area (Å²) < 4.78 is 0. The van der Waals surface area contributed by atoms with Crippen molar-refractivity contribution in [2.45, 2.75) is 39.5 Å². The average Bonchev–Trinajstić information content (AvgIpc) is 3.35. The molecule has 1 aromatic rings. The molecule has 136 valence electrons. The molecule has 0 heterocycles. The van der Waals surface area contributed by atoms with Gasteiger partial charge in [-0.15, -0.1) is 0 Å². The zero-order valence-electron chi connectivity index (χ0n) is 15.4. The monoisotopic (exact) mass is 343 g/mol. The Bertz CT molecular complexity index is 669. The van der Waals surface area contributed by atoms with Crippen molar-refractivity contribution in [2.24, 2.45) is 17.1 Å². The lowest BCUT2D eigenvalue weighted by atomic mass is 9.96.